The molecule has 0 spiro atoms. The number of anilines is 1. The quantitative estimate of drug-likeness (QED) is 0.464. The van der Waals surface area contributed by atoms with Crippen molar-refractivity contribution in [2.75, 3.05) is 31.5 Å². The number of pyridine rings is 1. The van der Waals surface area contributed by atoms with Crippen LogP contribution in [0.2, 0.25) is 5.02 Å². The Bertz CT molecular complexity index is 1350. The van der Waals surface area contributed by atoms with Gasteiger partial charge in [0, 0.05) is 49.7 Å². The molecular weight excluding hydrogens is 509 g/mol. The third-order valence-corrected chi connectivity index (χ3v) is 7.58. The van der Waals surface area contributed by atoms with Crippen molar-refractivity contribution >= 4 is 34.0 Å². The summed E-state index contributed by atoms with van der Waals surface area (Å²) >= 11 is 6.31. The van der Waals surface area contributed by atoms with Crippen LogP contribution in [-0.4, -0.2) is 70.2 Å². The highest BCUT2D eigenvalue weighted by atomic mass is 35.5. The molecule has 37 heavy (non-hydrogen) atoms. The van der Waals surface area contributed by atoms with E-state index in [4.69, 9.17) is 11.6 Å². The Morgan fingerprint density at radius 1 is 1.08 bits per heavy atom. The second-order valence-corrected chi connectivity index (χ2v) is 10.0. The van der Waals surface area contributed by atoms with E-state index >= 15 is 0 Å². The van der Waals surface area contributed by atoms with Gasteiger partial charge in [-0.25, -0.2) is 0 Å². The van der Waals surface area contributed by atoms with E-state index in [2.05, 4.69) is 15.2 Å². The number of aromatic nitrogens is 1. The van der Waals surface area contributed by atoms with Gasteiger partial charge in [0.2, 0.25) is 0 Å². The zero-order valence-corrected chi connectivity index (χ0v) is 20.5. The smallest absolute Gasteiger partial charge is 0.380 e. The fourth-order valence-corrected chi connectivity index (χ4v) is 5.56. The molecule has 1 aromatic heterocycles. The summed E-state index contributed by atoms with van der Waals surface area (Å²) in [5.74, 6) is -1.33. The normalized spacial score (nSPS) is 19.4. The van der Waals surface area contributed by atoms with Crippen LogP contribution in [0.4, 0.5) is 18.9 Å². The molecule has 7 nitrogen and oxygen atoms in total. The first-order chi connectivity index (χ1) is 17.6. The van der Waals surface area contributed by atoms with Crippen LogP contribution in [0.5, 0.6) is 0 Å². The summed E-state index contributed by atoms with van der Waals surface area (Å²) in [6, 6.07) is 12.2. The number of alkyl halides is 3. The predicted molar refractivity (Wildman–Crippen MR) is 135 cm³/mol. The molecule has 3 N–H and O–H groups in total. The van der Waals surface area contributed by atoms with Crippen LogP contribution in [0.3, 0.4) is 0 Å². The van der Waals surface area contributed by atoms with Gasteiger partial charge in [-0.05, 0) is 36.4 Å². The fraction of sp³-hybridized carbons (Fsp3) is 0.385. The van der Waals surface area contributed by atoms with Gasteiger partial charge in [0.25, 0.3) is 17.1 Å². The maximum absolute atomic E-state index is 13.9. The van der Waals surface area contributed by atoms with E-state index < -0.39 is 23.2 Å². The fourth-order valence-electron chi connectivity index (χ4n) is 5.25. The maximum Gasteiger partial charge on any atom is 0.430 e. The Kier molecular flexibility index (Phi) is 6.68. The van der Waals surface area contributed by atoms with Crippen LogP contribution in [0.1, 0.15) is 18.4 Å². The van der Waals surface area contributed by atoms with Crippen LogP contribution < -0.4 is 10.9 Å². The highest BCUT2D eigenvalue weighted by Crippen LogP contribution is 2.41. The minimum absolute atomic E-state index is 0.136. The summed E-state index contributed by atoms with van der Waals surface area (Å²) in [5.41, 5.74) is -3.49. The average molecular weight is 535 g/mol. The number of nitrogens with zero attached hydrogens (tertiary/aromatic N) is 2. The first-order valence-electron chi connectivity index (χ1n) is 12.0. The van der Waals surface area contributed by atoms with Gasteiger partial charge in [0.15, 0.2) is 0 Å². The van der Waals surface area contributed by atoms with E-state index in [-0.39, 0.29) is 30.7 Å². The lowest BCUT2D eigenvalue weighted by Crippen LogP contribution is -2.62. The molecule has 2 aliphatic rings. The third-order valence-electron chi connectivity index (χ3n) is 7.29. The molecule has 11 heteroatoms. The second-order valence-electron chi connectivity index (χ2n) is 9.62. The number of aromatic amines is 1. The number of hydrogen-bond acceptors (Lipinski definition) is 5. The van der Waals surface area contributed by atoms with E-state index in [1.165, 1.54) is 18.2 Å². The van der Waals surface area contributed by atoms with Crippen LogP contribution in [0, 0.1) is 0 Å². The third kappa shape index (κ3) is 4.69. The number of nitrogens with one attached hydrogen (secondary N) is 2. The summed E-state index contributed by atoms with van der Waals surface area (Å²) in [6.45, 7) is 1.75. The number of aliphatic hydroxyl groups is 1. The van der Waals surface area contributed by atoms with Crippen molar-refractivity contribution in [3.63, 3.8) is 0 Å². The lowest BCUT2D eigenvalue weighted by molar-refractivity contribution is -0.262. The molecule has 0 aliphatic carbocycles. The maximum atomic E-state index is 13.9. The minimum Gasteiger partial charge on any atom is -0.380 e. The largest absolute Gasteiger partial charge is 0.430 e. The van der Waals surface area contributed by atoms with Crippen molar-refractivity contribution in [1.29, 1.82) is 0 Å². The molecule has 2 saturated heterocycles. The zero-order valence-electron chi connectivity index (χ0n) is 19.8. The van der Waals surface area contributed by atoms with Crippen LogP contribution in [-0.2, 0) is 10.4 Å². The van der Waals surface area contributed by atoms with Gasteiger partial charge in [-0.15, -0.1) is 0 Å². The molecule has 5 rings (SSSR count). The van der Waals surface area contributed by atoms with Gasteiger partial charge in [0.05, 0.1) is 16.5 Å². The van der Waals surface area contributed by atoms with E-state index in [0.29, 0.717) is 23.3 Å². The molecule has 2 fully saturated rings. The number of H-pyrrole nitrogens is 1. The van der Waals surface area contributed by atoms with Crippen molar-refractivity contribution in [1.82, 2.24) is 14.8 Å². The Morgan fingerprint density at radius 2 is 1.76 bits per heavy atom. The van der Waals surface area contributed by atoms with Gasteiger partial charge in [-0.3, -0.25) is 14.5 Å². The Hall–Kier alpha value is -3.08. The van der Waals surface area contributed by atoms with Crippen LogP contribution in [0.15, 0.2) is 59.5 Å². The monoisotopic (exact) mass is 534 g/mol. The topological polar surface area (TPSA) is 88.7 Å². The number of hydrogen-bond donors (Lipinski definition) is 3. The van der Waals surface area contributed by atoms with E-state index in [0.717, 1.165) is 41.2 Å². The molecule has 1 amide bonds. The number of likely N-dealkylation sites (tertiary alicyclic amines) is 2. The van der Waals surface area contributed by atoms with Crippen molar-refractivity contribution < 1.29 is 23.1 Å². The Morgan fingerprint density at radius 3 is 2.41 bits per heavy atom. The van der Waals surface area contributed by atoms with Gasteiger partial charge < -0.3 is 20.3 Å². The minimum atomic E-state index is -5.14. The van der Waals surface area contributed by atoms with Gasteiger partial charge in [-0.1, -0.05) is 41.9 Å². The standard InChI is InChI=1S/C26H26ClF3N4O3/c27-21-13-18(12-16-6-9-31-23(35)22(16)21)32-19-14-34(15-19)20-7-10-33(11-8-20)24(36)25(37,26(28,29)30)17-4-2-1-3-5-17/h1-6,9,12-13,19-20,32,37H,7-8,10-11,14-15H2,(H,31,35). The molecule has 1 atom stereocenters. The van der Waals surface area contributed by atoms with E-state index in [9.17, 15) is 27.9 Å². The number of carbonyl (C=O) groups excluding carboxylic acids is 1. The number of rotatable bonds is 5. The van der Waals surface area contributed by atoms with Crippen LogP contribution in [0.25, 0.3) is 10.8 Å². The molecule has 0 bridgehead atoms. The summed E-state index contributed by atoms with van der Waals surface area (Å²) in [7, 11) is 0. The lowest BCUT2D eigenvalue weighted by atomic mass is 9.89. The molecule has 1 unspecified atom stereocenters. The summed E-state index contributed by atoms with van der Waals surface area (Å²) in [5, 5.41) is 15.5. The second kappa shape index (κ2) is 9.66. The summed E-state index contributed by atoms with van der Waals surface area (Å²) in [4.78, 5) is 30.9. The highest BCUT2D eigenvalue weighted by molar-refractivity contribution is 6.35. The zero-order chi connectivity index (χ0) is 26.4. The number of benzene rings is 2. The molecule has 3 heterocycles. The summed E-state index contributed by atoms with van der Waals surface area (Å²) in [6.07, 6.45) is -2.53. The molecule has 0 saturated carbocycles. The predicted octanol–water partition coefficient (Wildman–Crippen LogP) is 3.72. The number of amides is 1. The van der Waals surface area contributed by atoms with Gasteiger partial charge >= 0.3 is 6.18 Å². The molecular formula is C26H26ClF3N4O3. The van der Waals surface area contributed by atoms with Gasteiger partial charge in [-0.2, -0.15) is 13.2 Å². The molecule has 3 aromatic rings. The average Bonchev–Trinajstić information content (AvgIpc) is 2.85. The number of piperidine rings is 1. The molecule has 2 aromatic carbocycles. The van der Waals surface area contributed by atoms with Gasteiger partial charge in [0.1, 0.15) is 0 Å². The number of fused-ring (bicyclic) bond motifs is 1. The number of carbonyl (C=O) groups is 1. The summed E-state index contributed by atoms with van der Waals surface area (Å²) < 4.78 is 41.6. The SMILES string of the molecule is O=C(N1CCC(N2CC(Nc3cc(Cl)c4c(=O)[nH]ccc4c3)C2)CC1)C(O)(c1ccccc1)C(F)(F)F. The van der Waals surface area contributed by atoms with Crippen molar-refractivity contribution in [3.05, 3.63) is 75.7 Å². The first-order valence-corrected chi connectivity index (χ1v) is 12.4. The molecule has 0 radical (unpaired) electrons. The first kappa shape index (κ1) is 25.6. The Balaban J connectivity index is 1.18. The van der Waals surface area contributed by atoms with Crippen molar-refractivity contribution in [3.8, 4) is 0 Å². The van der Waals surface area contributed by atoms with Crippen molar-refractivity contribution in [2.45, 2.75) is 36.7 Å². The highest BCUT2D eigenvalue weighted by Gasteiger charge is 2.62. The lowest BCUT2D eigenvalue weighted by Gasteiger charge is -2.48. The van der Waals surface area contributed by atoms with E-state index in [1.54, 1.807) is 18.3 Å². The van der Waals surface area contributed by atoms with Crippen molar-refractivity contribution in [2.24, 2.45) is 0 Å². The Labute approximate surface area is 215 Å². The number of halogens is 4. The van der Waals surface area contributed by atoms with Crippen LogP contribution >= 0.6 is 11.6 Å². The molecule has 2 aliphatic heterocycles. The van der Waals surface area contributed by atoms with E-state index in [1.807, 2.05) is 6.07 Å². The molecule has 196 valence electrons.